The van der Waals surface area contributed by atoms with E-state index in [-0.39, 0.29) is 0 Å². The van der Waals surface area contributed by atoms with Crippen molar-refractivity contribution < 1.29 is 92.2 Å². The zero-order chi connectivity index (χ0) is 31.1. The summed E-state index contributed by atoms with van der Waals surface area (Å²) in [5.41, 5.74) is 0. The van der Waals surface area contributed by atoms with Gasteiger partial charge in [-0.05, 0) is 24.7 Å². The monoisotopic (exact) mass is 616 g/mol. The normalized spacial score (nSPS) is 24.2. The van der Waals surface area contributed by atoms with Crippen molar-refractivity contribution in [2.24, 2.45) is 17.8 Å². The van der Waals surface area contributed by atoms with Crippen LogP contribution in [0.2, 0.25) is 0 Å². The molecule has 0 spiro atoms. The predicted octanol–water partition coefficient (Wildman–Crippen LogP) is 8.95. The molecule has 0 N–H and O–H groups in total. The van der Waals surface area contributed by atoms with Crippen molar-refractivity contribution in [1.29, 1.82) is 0 Å². The Hall–Kier alpha value is -1.47. The first-order chi connectivity index (χ1) is 16.2. The summed E-state index contributed by atoms with van der Waals surface area (Å²) in [5.74, 6) is -82.1. The van der Waals surface area contributed by atoms with E-state index in [0.717, 1.165) is 6.92 Å². The molecule has 1 saturated carbocycles. The molecular formula is C17H13F21. The minimum absolute atomic E-state index is 0.471. The van der Waals surface area contributed by atoms with Gasteiger partial charge in [0, 0.05) is 5.92 Å². The van der Waals surface area contributed by atoms with E-state index in [1.807, 2.05) is 0 Å². The van der Waals surface area contributed by atoms with Crippen LogP contribution in [0.4, 0.5) is 92.2 Å². The second kappa shape index (κ2) is 8.76. The molecule has 0 amide bonds. The average Bonchev–Trinajstić information content (AvgIpc) is 3.04. The van der Waals surface area contributed by atoms with Crippen molar-refractivity contribution in [2.45, 2.75) is 86.2 Å². The van der Waals surface area contributed by atoms with Gasteiger partial charge in [-0.1, -0.05) is 13.8 Å². The van der Waals surface area contributed by atoms with Gasteiger partial charge in [-0.15, -0.1) is 0 Å². The summed E-state index contributed by atoms with van der Waals surface area (Å²) in [6.07, 6.45) is -9.63. The lowest BCUT2D eigenvalue weighted by molar-refractivity contribution is -0.475. The summed E-state index contributed by atoms with van der Waals surface area (Å²) in [5, 5.41) is 0. The first-order valence-corrected chi connectivity index (χ1v) is 9.63. The van der Waals surface area contributed by atoms with Crippen LogP contribution < -0.4 is 0 Å². The molecule has 3 unspecified atom stereocenters. The first-order valence-electron chi connectivity index (χ1n) is 9.63. The Morgan fingerprint density at radius 2 is 0.632 bits per heavy atom. The molecule has 0 heterocycles. The van der Waals surface area contributed by atoms with E-state index >= 15 is 0 Å². The number of rotatable bonds is 9. The summed E-state index contributed by atoms with van der Waals surface area (Å²) in [6.45, 7) is 1.71. The molecular weight excluding hydrogens is 603 g/mol. The lowest BCUT2D eigenvalue weighted by atomic mass is 9.81. The third-order valence-corrected chi connectivity index (χ3v) is 6.12. The fourth-order valence-corrected chi connectivity index (χ4v) is 3.87. The Kier molecular flexibility index (Phi) is 7.97. The van der Waals surface area contributed by atoms with E-state index in [2.05, 4.69) is 0 Å². The van der Waals surface area contributed by atoms with E-state index < -0.39 is 90.1 Å². The molecule has 0 saturated heterocycles. The van der Waals surface area contributed by atoms with Crippen LogP contribution in [-0.2, 0) is 0 Å². The molecule has 0 aromatic heterocycles. The van der Waals surface area contributed by atoms with Crippen LogP contribution in [0.5, 0.6) is 0 Å². The average molecular weight is 616 g/mol. The molecule has 0 aromatic rings. The van der Waals surface area contributed by atoms with Gasteiger partial charge < -0.3 is 0 Å². The highest BCUT2D eigenvalue weighted by atomic mass is 19.4. The quantitative estimate of drug-likeness (QED) is 0.227. The molecule has 0 aliphatic heterocycles. The van der Waals surface area contributed by atoms with Gasteiger partial charge in [-0.25, -0.2) is 0 Å². The zero-order valence-electron chi connectivity index (χ0n) is 18.1. The summed E-state index contributed by atoms with van der Waals surface area (Å²) < 4.78 is 281. The summed E-state index contributed by atoms with van der Waals surface area (Å²) in [4.78, 5) is 0. The Labute approximate surface area is 197 Å². The molecule has 1 fully saturated rings. The largest absolute Gasteiger partial charge is 0.460 e. The lowest BCUT2D eigenvalue weighted by Gasteiger charge is -2.45. The summed E-state index contributed by atoms with van der Waals surface area (Å²) in [7, 11) is 0. The van der Waals surface area contributed by atoms with Gasteiger partial charge in [-0.2, -0.15) is 92.2 Å². The molecule has 0 bridgehead atoms. The minimum Gasteiger partial charge on any atom is -0.199 e. The molecule has 38 heavy (non-hydrogen) atoms. The molecule has 1 aliphatic rings. The highest BCUT2D eigenvalue weighted by Crippen LogP contribution is 2.67. The Morgan fingerprint density at radius 3 is 0.868 bits per heavy atom. The molecule has 3 atom stereocenters. The lowest BCUT2D eigenvalue weighted by Crippen LogP contribution is -2.77. The molecule has 21 heteroatoms. The Bertz CT molecular complexity index is 865. The first kappa shape index (κ1) is 34.6. The van der Waals surface area contributed by atoms with Gasteiger partial charge in [0.1, 0.15) is 0 Å². The maximum absolute atomic E-state index is 14.3. The van der Waals surface area contributed by atoms with Crippen molar-refractivity contribution in [1.82, 2.24) is 0 Å². The highest BCUT2D eigenvalue weighted by molar-refractivity contribution is 5.18. The van der Waals surface area contributed by atoms with Crippen molar-refractivity contribution >= 4 is 0 Å². The molecule has 1 aliphatic carbocycles. The Morgan fingerprint density at radius 1 is 0.368 bits per heavy atom. The third kappa shape index (κ3) is 4.08. The summed E-state index contributed by atoms with van der Waals surface area (Å²) in [6, 6.07) is 0. The van der Waals surface area contributed by atoms with E-state index in [0.29, 0.717) is 6.92 Å². The van der Waals surface area contributed by atoms with Crippen molar-refractivity contribution in [3.05, 3.63) is 0 Å². The van der Waals surface area contributed by atoms with E-state index in [4.69, 9.17) is 0 Å². The van der Waals surface area contributed by atoms with Gasteiger partial charge in [-0.3, -0.25) is 0 Å². The predicted molar refractivity (Wildman–Crippen MR) is 81.6 cm³/mol. The van der Waals surface area contributed by atoms with Crippen LogP contribution in [0, 0.1) is 17.8 Å². The van der Waals surface area contributed by atoms with Gasteiger partial charge in [0.05, 0.1) is 0 Å². The van der Waals surface area contributed by atoms with Crippen LogP contribution >= 0.6 is 0 Å². The number of hydrogen-bond acceptors (Lipinski definition) is 0. The minimum atomic E-state index is -9.13. The van der Waals surface area contributed by atoms with Crippen LogP contribution in [-0.4, -0.2) is 59.5 Å². The van der Waals surface area contributed by atoms with Gasteiger partial charge >= 0.3 is 59.5 Å². The molecule has 0 nitrogen and oxygen atoms in total. The topological polar surface area (TPSA) is 0 Å². The number of alkyl halides is 21. The fraction of sp³-hybridized carbons (Fsp3) is 1.00. The number of hydrogen-bond donors (Lipinski definition) is 0. The van der Waals surface area contributed by atoms with Crippen LogP contribution in [0.3, 0.4) is 0 Å². The summed E-state index contributed by atoms with van der Waals surface area (Å²) >= 11 is 0. The van der Waals surface area contributed by atoms with E-state index in [1.54, 1.807) is 0 Å². The maximum atomic E-state index is 14.3. The fourth-order valence-electron chi connectivity index (χ4n) is 3.87. The molecule has 0 aromatic carbocycles. The van der Waals surface area contributed by atoms with Crippen molar-refractivity contribution in [3.8, 4) is 0 Å². The van der Waals surface area contributed by atoms with Gasteiger partial charge in [0.2, 0.25) is 0 Å². The highest BCUT2D eigenvalue weighted by Gasteiger charge is 2.98. The molecule has 228 valence electrons. The van der Waals surface area contributed by atoms with E-state index in [9.17, 15) is 92.2 Å². The van der Waals surface area contributed by atoms with E-state index in [1.165, 1.54) is 0 Å². The second-order valence-corrected chi connectivity index (χ2v) is 8.88. The van der Waals surface area contributed by atoms with Crippen molar-refractivity contribution in [3.63, 3.8) is 0 Å². The Balaban J connectivity index is 3.76. The maximum Gasteiger partial charge on any atom is 0.460 e. The molecule has 0 radical (unpaired) electrons. The SMILES string of the molecule is CC1CC(C)C(C(F)(F)C(F)(F)C(F)(F)C(F)(F)C(F)(F)C(F)(F)C(F)(F)C(F)(F)C(F)(F)C(F)(F)F)C1. The second-order valence-electron chi connectivity index (χ2n) is 8.88. The smallest absolute Gasteiger partial charge is 0.199 e. The van der Waals surface area contributed by atoms with Crippen LogP contribution in [0.15, 0.2) is 0 Å². The van der Waals surface area contributed by atoms with Gasteiger partial charge in [0.25, 0.3) is 0 Å². The van der Waals surface area contributed by atoms with Crippen molar-refractivity contribution in [2.75, 3.05) is 0 Å². The molecule has 1 rings (SSSR count). The van der Waals surface area contributed by atoms with Gasteiger partial charge in [0.15, 0.2) is 0 Å². The zero-order valence-corrected chi connectivity index (χ0v) is 18.1. The standard InChI is InChI=1S/C17H13F21/c1-5-3-6(2)7(4-5)8(18,19)9(20,21)10(22,23)11(24,25)12(26,27)13(28,29)14(30,31)15(32,33)16(34,35)17(36,37)38/h5-7H,3-4H2,1-2H3. The number of halogens is 21. The van der Waals surface area contributed by atoms with Crippen LogP contribution in [0.25, 0.3) is 0 Å². The van der Waals surface area contributed by atoms with Crippen LogP contribution in [0.1, 0.15) is 26.7 Å². The third-order valence-electron chi connectivity index (χ3n) is 6.12.